The second-order valence-electron chi connectivity index (χ2n) is 10.6. The first-order valence-electron chi connectivity index (χ1n) is 12.9. The Balaban J connectivity index is 1.03. The van der Waals surface area contributed by atoms with Crippen LogP contribution in [0.5, 0.6) is 0 Å². The molecular weight excluding hydrogens is 545 g/mol. The van der Waals surface area contributed by atoms with E-state index in [2.05, 4.69) is 20.5 Å². The van der Waals surface area contributed by atoms with Gasteiger partial charge < -0.3 is 19.3 Å². The smallest absolute Gasteiger partial charge is 0.356 e. The molecule has 3 atom stereocenters. The lowest BCUT2D eigenvalue weighted by Gasteiger charge is -2.21. The highest BCUT2D eigenvalue weighted by Gasteiger charge is 2.42. The Morgan fingerprint density at radius 2 is 1.87 bits per heavy atom. The van der Waals surface area contributed by atoms with Crippen LogP contribution in [0.4, 0.5) is 5.69 Å². The number of halogens is 2. The van der Waals surface area contributed by atoms with Gasteiger partial charge in [0, 0.05) is 41.2 Å². The fourth-order valence-electron chi connectivity index (χ4n) is 6.12. The molecule has 196 valence electrons. The minimum absolute atomic E-state index is 0.132. The summed E-state index contributed by atoms with van der Waals surface area (Å²) in [4.78, 5) is 13.8. The molecule has 2 aromatic heterocycles. The molecule has 0 amide bonds. The summed E-state index contributed by atoms with van der Waals surface area (Å²) in [6.45, 7) is 2.39. The average Bonchev–Trinajstić information content (AvgIpc) is 3.20. The minimum atomic E-state index is -0.983. The molecule has 7 nitrogen and oxygen atoms in total. The maximum atomic E-state index is 11.4. The zero-order valence-corrected chi connectivity index (χ0v) is 22.7. The van der Waals surface area contributed by atoms with Gasteiger partial charge in [0.25, 0.3) is 0 Å². The van der Waals surface area contributed by atoms with Crippen LogP contribution < -0.4 is 4.90 Å². The SMILES string of the molecule is O=C(O)c1nsc2cc(N3C[C@H]4C[C@H](OCc5c(-c6c(Cl)cccc6Cl)noc5C5CC5)C[C@H]4C3)ccc12. The molecule has 3 fully saturated rings. The van der Waals surface area contributed by atoms with Crippen molar-refractivity contribution in [1.29, 1.82) is 0 Å². The highest BCUT2D eigenvalue weighted by atomic mass is 35.5. The van der Waals surface area contributed by atoms with E-state index < -0.39 is 5.97 Å². The van der Waals surface area contributed by atoms with E-state index >= 15 is 0 Å². The van der Waals surface area contributed by atoms with Crippen molar-refractivity contribution < 1.29 is 19.2 Å². The van der Waals surface area contributed by atoms with Crippen LogP contribution in [0.3, 0.4) is 0 Å². The Morgan fingerprint density at radius 1 is 1.13 bits per heavy atom. The lowest BCUT2D eigenvalue weighted by Crippen LogP contribution is -2.23. The van der Waals surface area contributed by atoms with Crippen molar-refractivity contribution in [2.24, 2.45) is 11.8 Å². The summed E-state index contributed by atoms with van der Waals surface area (Å²) in [6, 6.07) is 11.4. The molecular formula is C28H25Cl2N3O4S. The summed E-state index contributed by atoms with van der Waals surface area (Å²) in [7, 11) is 0. The number of fused-ring (bicyclic) bond motifs is 2. The number of benzene rings is 2. The molecule has 3 aliphatic rings. The molecule has 2 saturated carbocycles. The first-order chi connectivity index (χ1) is 18.5. The molecule has 38 heavy (non-hydrogen) atoms. The molecule has 1 aliphatic heterocycles. The third-order valence-corrected chi connectivity index (χ3v) is 9.60. The highest BCUT2D eigenvalue weighted by Crippen LogP contribution is 2.47. The van der Waals surface area contributed by atoms with Crippen LogP contribution in [0.1, 0.15) is 53.4 Å². The third-order valence-electron chi connectivity index (χ3n) is 8.16. The average molecular weight is 570 g/mol. The second kappa shape index (κ2) is 9.52. The van der Waals surface area contributed by atoms with Crippen LogP contribution in [0, 0.1) is 11.8 Å². The van der Waals surface area contributed by atoms with E-state index in [1.54, 1.807) is 0 Å². The molecule has 1 N–H and O–H groups in total. The summed E-state index contributed by atoms with van der Waals surface area (Å²) in [5.74, 6) is 1.45. The molecule has 0 spiro atoms. The van der Waals surface area contributed by atoms with Crippen LogP contribution in [0.2, 0.25) is 10.0 Å². The Labute approximate surface area is 233 Å². The van der Waals surface area contributed by atoms with E-state index in [4.69, 9.17) is 32.5 Å². The van der Waals surface area contributed by atoms with Crippen molar-refractivity contribution in [3.8, 4) is 11.3 Å². The molecule has 0 unspecified atom stereocenters. The maximum absolute atomic E-state index is 11.4. The van der Waals surface area contributed by atoms with Gasteiger partial charge in [0.1, 0.15) is 11.5 Å². The number of ether oxygens (including phenoxy) is 1. The predicted molar refractivity (Wildman–Crippen MR) is 148 cm³/mol. The van der Waals surface area contributed by atoms with Crippen LogP contribution in [0.15, 0.2) is 40.9 Å². The number of aromatic nitrogens is 2. The summed E-state index contributed by atoms with van der Waals surface area (Å²) in [5.41, 5.74) is 3.63. The van der Waals surface area contributed by atoms with Gasteiger partial charge in [-0.25, -0.2) is 4.79 Å². The predicted octanol–water partition coefficient (Wildman–Crippen LogP) is 7.27. The van der Waals surface area contributed by atoms with Crippen molar-refractivity contribution in [2.75, 3.05) is 18.0 Å². The second-order valence-corrected chi connectivity index (χ2v) is 12.2. The number of carboxylic acid groups (broad SMARTS) is 1. The Morgan fingerprint density at radius 3 is 2.55 bits per heavy atom. The number of carbonyl (C=O) groups is 1. The summed E-state index contributed by atoms with van der Waals surface area (Å²) < 4.78 is 17.3. The molecule has 0 bridgehead atoms. The molecule has 4 aromatic rings. The normalized spacial score (nSPS) is 22.9. The monoisotopic (exact) mass is 569 g/mol. The van der Waals surface area contributed by atoms with Crippen LogP contribution >= 0.6 is 34.7 Å². The van der Waals surface area contributed by atoms with Crippen LogP contribution in [-0.2, 0) is 11.3 Å². The Hall–Kier alpha value is -2.65. The quantitative estimate of drug-likeness (QED) is 0.250. The van der Waals surface area contributed by atoms with Gasteiger partial charge in [-0.3, -0.25) is 0 Å². The van der Waals surface area contributed by atoms with Crippen LogP contribution in [-0.4, -0.2) is 39.8 Å². The molecule has 7 rings (SSSR count). The van der Waals surface area contributed by atoms with Gasteiger partial charge in [-0.2, -0.15) is 4.37 Å². The minimum Gasteiger partial charge on any atom is -0.476 e. The van der Waals surface area contributed by atoms with Gasteiger partial charge in [0.2, 0.25) is 0 Å². The Bertz CT molecular complexity index is 1510. The van der Waals surface area contributed by atoms with Gasteiger partial charge in [-0.15, -0.1) is 0 Å². The van der Waals surface area contributed by atoms with Crippen molar-refractivity contribution in [1.82, 2.24) is 9.53 Å². The van der Waals surface area contributed by atoms with Gasteiger partial charge >= 0.3 is 5.97 Å². The lowest BCUT2D eigenvalue weighted by atomic mass is 10.0. The van der Waals surface area contributed by atoms with E-state index in [0.29, 0.717) is 51.0 Å². The van der Waals surface area contributed by atoms with E-state index in [1.807, 2.05) is 30.3 Å². The topological polar surface area (TPSA) is 88.7 Å². The number of rotatable bonds is 7. The number of aromatic carboxylic acids is 1. The largest absolute Gasteiger partial charge is 0.476 e. The summed E-state index contributed by atoms with van der Waals surface area (Å²) in [6.07, 6.45) is 4.42. The molecule has 2 aliphatic carbocycles. The van der Waals surface area contributed by atoms with E-state index in [-0.39, 0.29) is 11.8 Å². The van der Waals surface area contributed by atoms with Gasteiger partial charge in [0.15, 0.2) is 5.69 Å². The fourth-order valence-corrected chi connectivity index (χ4v) is 7.50. The van der Waals surface area contributed by atoms with Crippen molar-refractivity contribution >= 4 is 56.5 Å². The first-order valence-corrected chi connectivity index (χ1v) is 14.4. The third kappa shape index (κ3) is 4.28. The Kier molecular flexibility index (Phi) is 6.11. The number of anilines is 1. The summed E-state index contributed by atoms with van der Waals surface area (Å²) in [5, 5.41) is 15.5. The fraction of sp³-hybridized carbons (Fsp3) is 0.393. The number of hydrogen-bond acceptors (Lipinski definition) is 7. The van der Waals surface area contributed by atoms with Crippen molar-refractivity contribution in [3.05, 3.63) is 63.5 Å². The van der Waals surface area contributed by atoms with Crippen LogP contribution in [0.25, 0.3) is 21.3 Å². The molecule has 0 radical (unpaired) electrons. The van der Waals surface area contributed by atoms with Gasteiger partial charge in [-0.1, -0.05) is 34.4 Å². The number of nitrogens with zero attached hydrogens (tertiary/aromatic N) is 3. The molecule has 10 heteroatoms. The van der Waals surface area contributed by atoms with E-state index in [9.17, 15) is 9.90 Å². The van der Waals surface area contributed by atoms with Gasteiger partial charge in [-0.05, 0) is 79.4 Å². The number of carboxylic acids is 1. The standard InChI is InChI=1S/C28H25Cl2N3O4S/c29-21-2-1-3-22(30)24(21)25-20(27(37-31-25)14-4-5-14)13-36-18-8-15-11-33(12-16(15)9-18)17-6-7-19-23(10-17)38-32-26(19)28(34)35/h1-3,6-7,10,14-16,18H,4-5,8-9,11-13H2,(H,34,35)/t15-,16+,18+. The lowest BCUT2D eigenvalue weighted by molar-refractivity contribution is 0.0403. The van der Waals surface area contributed by atoms with Gasteiger partial charge in [0.05, 0.1) is 27.5 Å². The summed E-state index contributed by atoms with van der Waals surface area (Å²) >= 11 is 14.3. The van der Waals surface area contributed by atoms with Crippen molar-refractivity contribution in [2.45, 2.75) is 44.3 Å². The zero-order valence-electron chi connectivity index (χ0n) is 20.4. The highest BCUT2D eigenvalue weighted by molar-refractivity contribution is 7.13. The number of hydrogen-bond donors (Lipinski definition) is 1. The first kappa shape index (κ1) is 24.4. The van der Waals surface area contributed by atoms with Crippen molar-refractivity contribution in [3.63, 3.8) is 0 Å². The van der Waals surface area contributed by atoms with E-state index in [1.165, 1.54) is 11.5 Å². The maximum Gasteiger partial charge on any atom is 0.356 e. The van der Waals surface area contributed by atoms with E-state index in [0.717, 1.165) is 60.5 Å². The molecule has 2 aromatic carbocycles. The molecule has 1 saturated heterocycles. The zero-order chi connectivity index (χ0) is 26.0. The molecule has 3 heterocycles.